The van der Waals surface area contributed by atoms with Crippen LogP contribution < -0.4 is 16.8 Å². The van der Waals surface area contributed by atoms with Gasteiger partial charge >= 0.3 is 0 Å². The van der Waals surface area contributed by atoms with Gasteiger partial charge in [0.2, 0.25) is 0 Å². The molecule has 0 saturated heterocycles. The van der Waals surface area contributed by atoms with E-state index in [1.165, 1.54) is 0 Å². The minimum atomic E-state index is -0.263. The smallest absolute Gasteiger partial charge is 0.257 e. The van der Waals surface area contributed by atoms with E-state index in [0.29, 0.717) is 16.9 Å². The van der Waals surface area contributed by atoms with E-state index in [1.807, 2.05) is 18.2 Å². The van der Waals surface area contributed by atoms with Crippen LogP contribution in [0, 0.1) is 0 Å². The van der Waals surface area contributed by atoms with Gasteiger partial charge in [0, 0.05) is 17.1 Å². The molecule has 0 aliphatic carbocycles. The average molecular weight is 227 g/mol. The van der Waals surface area contributed by atoms with Crippen molar-refractivity contribution in [1.29, 1.82) is 0 Å². The quantitative estimate of drug-likeness (QED) is 0.687. The molecule has 4 nitrogen and oxygen atoms in total. The number of carbonyl (C=O) groups excluding carboxylic acids is 1. The second-order valence-corrected chi connectivity index (χ2v) is 3.67. The van der Waals surface area contributed by atoms with Gasteiger partial charge in [-0.3, -0.25) is 4.79 Å². The van der Waals surface area contributed by atoms with Crippen LogP contribution in [0.4, 0.5) is 17.1 Å². The molecule has 5 N–H and O–H groups in total. The number of nitrogens with two attached hydrogens (primary N) is 2. The SMILES string of the molecule is Nc1ccc(N)c(C(=O)Nc2ccccc2)c1. The highest BCUT2D eigenvalue weighted by Crippen LogP contribution is 2.17. The highest BCUT2D eigenvalue weighted by atomic mass is 16.1. The molecule has 0 spiro atoms. The van der Waals surface area contributed by atoms with Crippen molar-refractivity contribution in [2.24, 2.45) is 0 Å². The molecule has 0 heterocycles. The van der Waals surface area contributed by atoms with Crippen LogP contribution in [0.1, 0.15) is 10.4 Å². The summed E-state index contributed by atoms with van der Waals surface area (Å²) in [5.41, 5.74) is 13.4. The highest BCUT2D eigenvalue weighted by molar-refractivity contribution is 6.08. The third-order valence-electron chi connectivity index (χ3n) is 2.35. The maximum atomic E-state index is 11.9. The number of rotatable bonds is 2. The first-order chi connectivity index (χ1) is 8.16. The predicted octanol–water partition coefficient (Wildman–Crippen LogP) is 2.10. The highest BCUT2D eigenvalue weighted by Gasteiger charge is 2.09. The number of hydrogen-bond donors (Lipinski definition) is 3. The van der Waals surface area contributed by atoms with Gasteiger partial charge in [0.25, 0.3) is 5.91 Å². The molecule has 0 aromatic heterocycles. The third-order valence-corrected chi connectivity index (χ3v) is 2.35. The zero-order chi connectivity index (χ0) is 12.3. The number of anilines is 3. The van der Waals surface area contributed by atoms with Crippen LogP contribution in [-0.2, 0) is 0 Å². The van der Waals surface area contributed by atoms with Crippen LogP contribution in [-0.4, -0.2) is 5.91 Å². The van der Waals surface area contributed by atoms with E-state index in [2.05, 4.69) is 5.32 Å². The summed E-state index contributed by atoms with van der Waals surface area (Å²) in [5.74, 6) is -0.263. The Labute approximate surface area is 99.2 Å². The Morgan fingerprint density at radius 2 is 1.71 bits per heavy atom. The molecule has 0 saturated carbocycles. The van der Waals surface area contributed by atoms with Crippen LogP contribution in [0.5, 0.6) is 0 Å². The minimum absolute atomic E-state index is 0.263. The second-order valence-electron chi connectivity index (χ2n) is 3.67. The lowest BCUT2D eigenvalue weighted by Gasteiger charge is -2.08. The fourth-order valence-corrected chi connectivity index (χ4v) is 1.49. The number of amides is 1. The number of nitrogens with one attached hydrogen (secondary N) is 1. The van der Waals surface area contributed by atoms with Crippen molar-refractivity contribution in [3.63, 3.8) is 0 Å². The maximum absolute atomic E-state index is 11.9. The molecule has 0 radical (unpaired) electrons. The van der Waals surface area contributed by atoms with Gasteiger partial charge < -0.3 is 16.8 Å². The lowest BCUT2D eigenvalue weighted by molar-refractivity contribution is 0.102. The van der Waals surface area contributed by atoms with E-state index in [4.69, 9.17) is 11.5 Å². The van der Waals surface area contributed by atoms with E-state index in [-0.39, 0.29) is 5.91 Å². The summed E-state index contributed by atoms with van der Waals surface area (Å²) in [6.07, 6.45) is 0. The van der Waals surface area contributed by atoms with E-state index in [0.717, 1.165) is 5.69 Å². The van der Waals surface area contributed by atoms with Crippen LogP contribution >= 0.6 is 0 Å². The molecule has 86 valence electrons. The zero-order valence-electron chi connectivity index (χ0n) is 9.18. The van der Waals surface area contributed by atoms with Gasteiger partial charge in [-0.25, -0.2) is 0 Å². The first kappa shape index (κ1) is 11.0. The molecule has 0 aliphatic rings. The van der Waals surface area contributed by atoms with Crippen LogP contribution in [0.3, 0.4) is 0 Å². The fourth-order valence-electron chi connectivity index (χ4n) is 1.49. The van der Waals surface area contributed by atoms with Crippen molar-refractivity contribution in [2.75, 3.05) is 16.8 Å². The molecule has 0 aliphatic heterocycles. The summed E-state index contributed by atoms with van der Waals surface area (Å²) in [7, 11) is 0. The standard InChI is InChI=1S/C13H13N3O/c14-9-6-7-12(15)11(8-9)13(17)16-10-4-2-1-3-5-10/h1-8H,14-15H2,(H,16,17). The summed E-state index contributed by atoms with van der Waals surface area (Å²) >= 11 is 0. The van der Waals surface area contributed by atoms with Crippen LogP contribution in [0.15, 0.2) is 48.5 Å². The molecule has 1 amide bonds. The molecule has 2 aromatic carbocycles. The Morgan fingerprint density at radius 1 is 1.00 bits per heavy atom. The molecule has 2 aromatic rings. The Morgan fingerprint density at radius 3 is 2.41 bits per heavy atom. The fraction of sp³-hybridized carbons (Fsp3) is 0. The number of para-hydroxylation sites is 1. The Bertz CT molecular complexity index is 538. The minimum Gasteiger partial charge on any atom is -0.399 e. The summed E-state index contributed by atoms with van der Waals surface area (Å²) in [6, 6.07) is 14.0. The van der Waals surface area contributed by atoms with Crippen molar-refractivity contribution < 1.29 is 4.79 Å². The van der Waals surface area contributed by atoms with Gasteiger partial charge in [-0.15, -0.1) is 0 Å². The molecule has 0 fully saturated rings. The Hall–Kier alpha value is -2.49. The lowest BCUT2D eigenvalue weighted by atomic mass is 10.1. The van der Waals surface area contributed by atoms with E-state index >= 15 is 0 Å². The lowest BCUT2D eigenvalue weighted by Crippen LogP contribution is -2.14. The first-order valence-corrected chi connectivity index (χ1v) is 5.18. The summed E-state index contributed by atoms with van der Waals surface area (Å²) in [6.45, 7) is 0. The molecule has 0 bridgehead atoms. The number of benzene rings is 2. The van der Waals surface area contributed by atoms with Crippen LogP contribution in [0.2, 0.25) is 0 Å². The molecule has 0 unspecified atom stereocenters. The van der Waals surface area contributed by atoms with Gasteiger partial charge in [0.15, 0.2) is 0 Å². The molecular formula is C13H13N3O. The van der Waals surface area contributed by atoms with Crippen molar-refractivity contribution in [2.45, 2.75) is 0 Å². The van der Waals surface area contributed by atoms with Gasteiger partial charge in [-0.05, 0) is 30.3 Å². The average Bonchev–Trinajstić information content (AvgIpc) is 2.33. The largest absolute Gasteiger partial charge is 0.399 e. The normalized spacial score (nSPS) is 9.88. The Balaban J connectivity index is 2.23. The van der Waals surface area contributed by atoms with Crippen molar-refractivity contribution in [1.82, 2.24) is 0 Å². The van der Waals surface area contributed by atoms with E-state index < -0.39 is 0 Å². The monoisotopic (exact) mass is 227 g/mol. The number of hydrogen-bond acceptors (Lipinski definition) is 3. The maximum Gasteiger partial charge on any atom is 0.257 e. The topological polar surface area (TPSA) is 81.1 Å². The molecular weight excluding hydrogens is 214 g/mol. The van der Waals surface area contributed by atoms with Crippen LogP contribution in [0.25, 0.3) is 0 Å². The molecule has 17 heavy (non-hydrogen) atoms. The van der Waals surface area contributed by atoms with Crippen molar-refractivity contribution in [3.05, 3.63) is 54.1 Å². The number of nitrogen functional groups attached to an aromatic ring is 2. The third kappa shape index (κ3) is 2.55. The molecule has 0 atom stereocenters. The Kier molecular flexibility index (Phi) is 2.96. The van der Waals surface area contributed by atoms with Crippen molar-refractivity contribution in [3.8, 4) is 0 Å². The second kappa shape index (κ2) is 4.57. The van der Waals surface area contributed by atoms with E-state index in [9.17, 15) is 4.79 Å². The summed E-state index contributed by atoms with van der Waals surface area (Å²) in [4.78, 5) is 11.9. The van der Waals surface area contributed by atoms with Gasteiger partial charge in [-0.1, -0.05) is 18.2 Å². The summed E-state index contributed by atoms with van der Waals surface area (Å²) < 4.78 is 0. The zero-order valence-corrected chi connectivity index (χ0v) is 9.18. The van der Waals surface area contributed by atoms with Gasteiger partial charge in [0.05, 0.1) is 5.56 Å². The van der Waals surface area contributed by atoms with Crippen molar-refractivity contribution >= 4 is 23.0 Å². The molecule has 2 rings (SSSR count). The predicted molar refractivity (Wildman–Crippen MR) is 69.7 cm³/mol. The molecule has 4 heteroatoms. The van der Waals surface area contributed by atoms with E-state index in [1.54, 1.807) is 30.3 Å². The summed E-state index contributed by atoms with van der Waals surface area (Å²) in [5, 5.41) is 2.75. The number of carbonyl (C=O) groups is 1. The van der Waals surface area contributed by atoms with Gasteiger partial charge in [0.1, 0.15) is 0 Å². The first-order valence-electron chi connectivity index (χ1n) is 5.18. The van der Waals surface area contributed by atoms with Gasteiger partial charge in [-0.2, -0.15) is 0 Å².